The summed E-state index contributed by atoms with van der Waals surface area (Å²) in [4.78, 5) is 14.8. The van der Waals surface area contributed by atoms with E-state index in [2.05, 4.69) is 15.9 Å². The topological polar surface area (TPSA) is 20.3 Å². The predicted molar refractivity (Wildman–Crippen MR) is 105 cm³/mol. The number of hydrogen-bond acceptors (Lipinski definition) is 3. The maximum Gasteiger partial charge on any atom is 0.270 e. The van der Waals surface area contributed by atoms with E-state index in [1.54, 1.807) is 4.90 Å². The minimum Gasteiger partial charge on any atom is -0.268 e. The van der Waals surface area contributed by atoms with Crippen LogP contribution in [0.3, 0.4) is 0 Å². The van der Waals surface area contributed by atoms with E-state index in [-0.39, 0.29) is 5.91 Å². The molecule has 1 fully saturated rings. The van der Waals surface area contributed by atoms with Crippen LogP contribution in [0.15, 0.2) is 76.1 Å². The number of para-hydroxylation sites is 1. The fraction of sp³-hybridized carbons (Fsp3) is 0. The van der Waals surface area contributed by atoms with Crippen molar-refractivity contribution in [3.63, 3.8) is 0 Å². The van der Waals surface area contributed by atoms with Crippen molar-refractivity contribution < 1.29 is 4.79 Å². The van der Waals surface area contributed by atoms with E-state index < -0.39 is 0 Å². The Morgan fingerprint density at radius 1 is 1.04 bits per heavy atom. The lowest BCUT2D eigenvalue weighted by molar-refractivity contribution is -0.113. The number of nitrogens with zero attached hydrogens (tertiary/aromatic N) is 1. The van der Waals surface area contributed by atoms with Gasteiger partial charge in [0.25, 0.3) is 5.91 Å². The Kier molecular flexibility index (Phi) is 5.10. The van der Waals surface area contributed by atoms with Gasteiger partial charge in [0.15, 0.2) is 4.32 Å². The Hall–Kier alpha value is -1.69. The molecule has 0 atom stereocenters. The Morgan fingerprint density at radius 2 is 1.74 bits per heavy atom. The second kappa shape index (κ2) is 7.25. The first kappa shape index (κ1) is 16.2. The van der Waals surface area contributed by atoms with Crippen molar-refractivity contribution in [3.8, 4) is 0 Å². The number of benzene rings is 2. The normalized spacial score (nSPS) is 16.7. The maximum absolute atomic E-state index is 12.6. The first-order valence-electron chi connectivity index (χ1n) is 6.91. The predicted octanol–water partition coefficient (Wildman–Crippen LogP) is 5.41. The Balaban J connectivity index is 1.83. The lowest BCUT2D eigenvalue weighted by atomic mass is 10.2. The fourth-order valence-corrected chi connectivity index (χ4v) is 3.83. The summed E-state index contributed by atoms with van der Waals surface area (Å²) in [5, 5.41) is 0. The van der Waals surface area contributed by atoms with E-state index in [0.29, 0.717) is 9.23 Å². The van der Waals surface area contributed by atoms with Crippen molar-refractivity contribution in [2.24, 2.45) is 0 Å². The Labute approximate surface area is 153 Å². The summed E-state index contributed by atoms with van der Waals surface area (Å²) < 4.78 is 1.39. The number of anilines is 1. The summed E-state index contributed by atoms with van der Waals surface area (Å²) in [6.07, 6.45) is 5.65. The number of halogens is 1. The molecule has 0 saturated carbocycles. The number of carbonyl (C=O) groups excluding carboxylic acids is 1. The molecule has 2 nitrogen and oxygen atoms in total. The first-order valence-corrected chi connectivity index (χ1v) is 8.93. The van der Waals surface area contributed by atoms with E-state index in [0.717, 1.165) is 15.7 Å². The van der Waals surface area contributed by atoms with Gasteiger partial charge in [-0.1, -0.05) is 78.6 Å². The smallest absolute Gasteiger partial charge is 0.268 e. The number of thiocarbonyl (C=S) groups is 1. The lowest BCUT2D eigenvalue weighted by Gasteiger charge is -2.15. The summed E-state index contributed by atoms with van der Waals surface area (Å²) in [7, 11) is 0. The molecule has 0 radical (unpaired) electrons. The zero-order chi connectivity index (χ0) is 16.2. The van der Waals surface area contributed by atoms with Gasteiger partial charge < -0.3 is 0 Å². The Morgan fingerprint density at radius 3 is 2.48 bits per heavy atom. The lowest BCUT2D eigenvalue weighted by Crippen LogP contribution is -2.27. The molecule has 1 saturated heterocycles. The van der Waals surface area contributed by atoms with Crippen LogP contribution in [-0.4, -0.2) is 10.2 Å². The standard InChI is InChI=1S/C18H12BrNOS2/c19-14-10-4-5-11-15(14)20-17(21)16(23-18(20)22)12-6-9-13-7-2-1-3-8-13/h1-12H/b9-6+,16-12-. The maximum atomic E-state index is 12.6. The first-order chi connectivity index (χ1) is 11.2. The number of carbonyl (C=O) groups is 1. The molecular weight excluding hydrogens is 390 g/mol. The van der Waals surface area contributed by atoms with Gasteiger partial charge in [-0.3, -0.25) is 9.69 Å². The summed E-state index contributed by atoms with van der Waals surface area (Å²) in [5.74, 6) is -0.0930. The van der Waals surface area contributed by atoms with Crippen LogP contribution in [0.5, 0.6) is 0 Å². The average molecular weight is 402 g/mol. The van der Waals surface area contributed by atoms with Crippen LogP contribution in [0.2, 0.25) is 0 Å². The van der Waals surface area contributed by atoms with Crippen LogP contribution in [-0.2, 0) is 4.79 Å². The second-order valence-corrected chi connectivity index (χ2v) is 7.29. The highest BCUT2D eigenvalue weighted by Gasteiger charge is 2.33. The van der Waals surface area contributed by atoms with Crippen LogP contribution >= 0.6 is 39.9 Å². The van der Waals surface area contributed by atoms with Crippen molar-refractivity contribution in [2.45, 2.75) is 0 Å². The third-order valence-corrected chi connectivity index (χ3v) is 5.21. The molecule has 23 heavy (non-hydrogen) atoms. The van der Waals surface area contributed by atoms with Crippen molar-refractivity contribution in [3.05, 3.63) is 81.7 Å². The molecule has 114 valence electrons. The SMILES string of the molecule is O=C1/C(=C/C=C/c2ccccc2)SC(=S)N1c1ccccc1Br. The van der Waals surface area contributed by atoms with Gasteiger partial charge in [0.1, 0.15) is 0 Å². The van der Waals surface area contributed by atoms with E-state index in [1.807, 2.05) is 72.8 Å². The molecule has 0 bridgehead atoms. The molecule has 0 spiro atoms. The quantitative estimate of drug-likeness (QED) is 0.506. The molecule has 0 aliphatic carbocycles. The van der Waals surface area contributed by atoms with Gasteiger partial charge in [-0.2, -0.15) is 0 Å². The minimum absolute atomic E-state index is 0.0930. The van der Waals surface area contributed by atoms with Gasteiger partial charge in [-0.15, -0.1) is 0 Å². The third kappa shape index (κ3) is 3.63. The molecule has 2 aromatic rings. The molecule has 1 heterocycles. The van der Waals surface area contributed by atoms with E-state index in [1.165, 1.54) is 11.8 Å². The van der Waals surface area contributed by atoms with E-state index in [9.17, 15) is 4.79 Å². The molecule has 0 aromatic heterocycles. The van der Waals surface area contributed by atoms with Gasteiger partial charge in [0, 0.05) is 4.47 Å². The van der Waals surface area contributed by atoms with Crippen LogP contribution in [0.25, 0.3) is 6.08 Å². The van der Waals surface area contributed by atoms with Crippen molar-refractivity contribution in [1.29, 1.82) is 0 Å². The van der Waals surface area contributed by atoms with Crippen molar-refractivity contribution in [2.75, 3.05) is 4.90 Å². The highest BCUT2D eigenvalue weighted by atomic mass is 79.9. The van der Waals surface area contributed by atoms with Gasteiger partial charge in [-0.25, -0.2) is 0 Å². The summed E-state index contributed by atoms with van der Waals surface area (Å²) in [6.45, 7) is 0. The van der Waals surface area contributed by atoms with Gasteiger partial charge in [-0.05, 0) is 39.7 Å². The van der Waals surface area contributed by atoms with Gasteiger partial charge in [0.2, 0.25) is 0 Å². The molecular formula is C18H12BrNOS2. The Bertz CT molecular complexity index is 815. The largest absolute Gasteiger partial charge is 0.270 e. The summed E-state index contributed by atoms with van der Waals surface area (Å²) in [5.41, 5.74) is 1.86. The molecule has 1 aliphatic rings. The zero-order valence-corrected chi connectivity index (χ0v) is 15.2. The van der Waals surface area contributed by atoms with Crippen LogP contribution in [0, 0.1) is 0 Å². The fourth-order valence-electron chi connectivity index (χ4n) is 2.13. The van der Waals surface area contributed by atoms with Crippen LogP contribution in [0.1, 0.15) is 5.56 Å². The molecule has 2 aromatic carbocycles. The van der Waals surface area contributed by atoms with Crippen LogP contribution < -0.4 is 4.90 Å². The monoisotopic (exact) mass is 401 g/mol. The van der Waals surface area contributed by atoms with Gasteiger partial charge in [0.05, 0.1) is 10.6 Å². The highest BCUT2D eigenvalue weighted by Crippen LogP contribution is 2.37. The molecule has 3 rings (SSSR count). The van der Waals surface area contributed by atoms with Gasteiger partial charge >= 0.3 is 0 Å². The molecule has 5 heteroatoms. The zero-order valence-electron chi connectivity index (χ0n) is 12.0. The third-order valence-electron chi connectivity index (χ3n) is 3.22. The number of rotatable bonds is 3. The minimum atomic E-state index is -0.0930. The number of hydrogen-bond donors (Lipinski definition) is 0. The summed E-state index contributed by atoms with van der Waals surface area (Å²) >= 11 is 10.1. The average Bonchev–Trinajstić information content (AvgIpc) is 2.83. The molecule has 1 aliphatic heterocycles. The van der Waals surface area contributed by atoms with Crippen LogP contribution in [0.4, 0.5) is 5.69 Å². The molecule has 1 amide bonds. The molecule has 0 N–H and O–H groups in total. The number of thioether (sulfide) groups is 1. The summed E-state index contributed by atoms with van der Waals surface area (Å²) in [6, 6.07) is 17.5. The second-order valence-electron chi connectivity index (χ2n) is 4.76. The number of allylic oxidation sites excluding steroid dienone is 2. The number of amides is 1. The van der Waals surface area contributed by atoms with E-state index in [4.69, 9.17) is 12.2 Å². The van der Waals surface area contributed by atoms with Crippen molar-refractivity contribution >= 4 is 61.9 Å². The van der Waals surface area contributed by atoms with Crippen molar-refractivity contribution in [1.82, 2.24) is 0 Å². The molecule has 0 unspecified atom stereocenters. The highest BCUT2D eigenvalue weighted by molar-refractivity contribution is 9.10. The van der Waals surface area contributed by atoms with E-state index >= 15 is 0 Å².